The lowest BCUT2D eigenvalue weighted by atomic mass is 10.0. The van der Waals surface area contributed by atoms with Crippen molar-refractivity contribution < 1.29 is 4.79 Å². The number of rotatable bonds is 5. The highest BCUT2D eigenvalue weighted by molar-refractivity contribution is 7.17. The van der Waals surface area contributed by atoms with E-state index in [1.165, 1.54) is 23.1 Å². The van der Waals surface area contributed by atoms with Gasteiger partial charge in [-0.2, -0.15) is 0 Å². The molecule has 4 rings (SSSR count). The zero-order valence-corrected chi connectivity index (χ0v) is 19.0. The number of para-hydroxylation sites is 1. The number of primary amides is 1. The smallest absolute Gasteiger partial charge is 0.260 e. The number of aromatic nitrogens is 1. The van der Waals surface area contributed by atoms with E-state index >= 15 is 0 Å². The predicted molar refractivity (Wildman–Crippen MR) is 123 cm³/mol. The van der Waals surface area contributed by atoms with Gasteiger partial charge >= 0.3 is 0 Å². The average molecular weight is 449 g/mol. The van der Waals surface area contributed by atoms with Crippen LogP contribution < -0.4 is 21.3 Å². The highest BCUT2D eigenvalue weighted by Crippen LogP contribution is 2.33. The molecule has 0 spiro atoms. The number of carbonyl (C=O) groups is 1. The summed E-state index contributed by atoms with van der Waals surface area (Å²) in [5, 5.41) is 8.71. The monoisotopic (exact) mass is 448 g/mol. The number of hydrogen-bond acceptors (Lipinski definition) is 7. The number of benzene rings is 1. The van der Waals surface area contributed by atoms with Crippen molar-refractivity contribution in [1.29, 1.82) is 0 Å². The van der Waals surface area contributed by atoms with Crippen LogP contribution in [0.4, 0.5) is 10.8 Å². The van der Waals surface area contributed by atoms with E-state index in [9.17, 15) is 4.79 Å². The average Bonchev–Trinajstić information content (AvgIpc) is 3.18. The van der Waals surface area contributed by atoms with Gasteiger partial charge in [-0.05, 0) is 44.7 Å². The fraction of sp³-hybridized carbons (Fsp3) is 0.524. The summed E-state index contributed by atoms with van der Waals surface area (Å²) in [6.07, 6.45) is 5.28. The third-order valence-electron chi connectivity index (χ3n) is 5.99. The zero-order valence-electron chi connectivity index (χ0n) is 17.4. The van der Waals surface area contributed by atoms with E-state index in [1.54, 1.807) is 0 Å². The van der Waals surface area contributed by atoms with Gasteiger partial charge in [-0.3, -0.25) is 15.0 Å². The molecule has 0 bridgehead atoms. The molecule has 2 aromatic rings. The van der Waals surface area contributed by atoms with Crippen LogP contribution in [0, 0.1) is 6.92 Å². The Morgan fingerprint density at radius 3 is 2.90 bits per heavy atom. The molecule has 2 unspecified atom stereocenters. The Kier molecular flexibility index (Phi) is 6.48. The van der Waals surface area contributed by atoms with Crippen LogP contribution in [0.5, 0.6) is 0 Å². The number of carbonyl (C=O) groups excluding carboxylic acids is 1. The van der Waals surface area contributed by atoms with E-state index in [4.69, 9.17) is 17.3 Å². The molecule has 1 amide bonds. The summed E-state index contributed by atoms with van der Waals surface area (Å²) in [6.45, 7) is 7.33. The maximum Gasteiger partial charge on any atom is 0.260 e. The lowest BCUT2D eigenvalue weighted by Gasteiger charge is -2.47. The summed E-state index contributed by atoms with van der Waals surface area (Å²) in [7, 11) is 0. The van der Waals surface area contributed by atoms with E-state index in [0.717, 1.165) is 54.7 Å². The van der Waals surface area contributed by atoms with Crippen LogP contribution in [-0.4, -0.2) is 53.8 Å². The summed E-state index contributed by atoms with van der Waals surface area (Å²) in [4.78, 5) is 21.0. The molecule has 3 atom stereocenters. The van der Waals surface area contributed by atoms with E-state index in [1.807, 2.05) is 12.1 Å². The molecule has 2 aliphatic heterocycles. The minimum absolute atomic E-state index is 0.134. The van der Waals surface area contributed by atoms with E-state index < -0.39 is 5.91 Å². The van der Waals surface area contributed by atoms with Gasteiger partial charge in [-0.25, -0.2) is 4.98 Å². The number of nitrogens with two attached hydrogens (primary N) is 1. The molecule has 0 radical (unpaired) electrons. The Morgan fingerprint density at radius 1 is 1.37 bits per heavy atom. The van der Waals surface area contributed by atoms with Crippen LogP contribution in [-0.2, 0) is 0 Å². The molecule has 30 heavy (non-hydrogen) atoms. The second-order valence-electron chi connectivity index (χ2n) is 8.15. The Bertz CT molecular complexity index is 885. The van der Waals surface area contributed by atoms with Gasteiger partial charge in [0.15, 0.2) is 5.13 Å². The highest BCUT2D eigenvalue weighted by Gasteiger charge is 2.32. The normalized spacial score (nSPS) is 25.3. The second kappa shape index (κ2) is 9.09. The number of hydrogen-bond donors (Lipinski definition) is 3. The van der Waals surface area contributed by atoms with Gasteiger partial charge in [-0.1, -0.05) is 35.1 Å². The van der Waals surface area contributed by atoms with E-state index in [-0.39, 0.29) is 6.17 Å². The van der Waals surface area contributed by atoms with Crippen LogP contribution in [0.1, 0.15) is 41.4 Å². The molecule has 3 heterocycles. The number of anilines is 2. The summed E-state index contributed by atoms with van der Waals surface area (Å²) >= 11 is 7.82. The maximum atomic E-state index is 11.3. The fourth-order valence-corrected chi connectivity index (χ4v) is 5.56. The number of nitrogens with one attached hydrogen (secondary N) is 2. The first-order chi connectivity index (χ1) is 14.4. The minimum Gasteiger partial charge on any atom is -0.365 e. The van der Waals surface area contributed by atoms with Crippen molar-refractivity contribution in [2.24, 2.45) is 5.73 Å². The van der Waals surface area contributed by atoms with Gasteiger partial charge < -0.3 is 16.0 Å². The summed E-state index contributed by atoms with van der Waals surface area (Å²) in [6, 6.07) is 6.49. The number of piperazine rings is 1. The van der Waals surface area contributed by atoms with Gasteiger partial charge in [0.25, 0.3) is 5.91 Å². The third kappa shape index (κ3) is 4.56. The number of piperidine rings is 1. The molecule has 162 valence electrons. The van der Waals surface area contributed by atoms with Crippen molar-refractivity contribution in [3.63, 3.8) is 0 Å². The zero-order chi connectivity index (χ0) is 21.3. The molecular formula is C21H29ClN6OS. The fourth-order valence-electron chi connectivity index (χ4n) is 4.51. The SMILES string of the molecule is Cc1cccc(Cl)c1N1CCN(C2CCCC(Nc3ncc(C(N)=O)s3)N2)C[C@@H]1C. The Balaban J connectivity index is 1.37. The molecule has 9 heteroatoms. The predicted octanol–water partition coefficient (Wildman–Crippen LogP) is 3.25. The van der Waals surface area contributed by atoms with Gasteiger partial charge in [-0.15, -0.1) is 0 Å². The Hall–Kier alpha value is -1.87. The van der Waals surface area contributed by atoms with Crippen LogP contribution in [0.2, 0.25) is 5.02 Å². The first-order valence-corrected chi connectivity index (χ1v) is 11.7. The second-order valence-corrected chi connectivity index (χ2v) is 9.58. The van der Waals surface area contributed by atoms with E-state index in [2.05, 4.69) is 45.3 Å². The standard InChI is InChI=1S/C21H29ClN6OS/c1-13-5-3-6-15(22)19(13)28-10-9-27(12-14(28)2)18-8-4-7-17(25-18)26-21-24-11-16(30-21)20(23)29/h3,5-6,11,14,17-18,25H,4,7-10,12H2,1-2H3,(H2,23,29)(H,24,26)/t14-,17?,18?/m0/s1. The van der Waals surface area contributed by atoms with Gasteiger partial charge in [0.1, 0.15) is 4.88 Å². The van der Waals surface area contributed by atoms with Crippen molar-refractivity contribution in [3.05, 3.63) is 39.9 Å². The lowest BCUT2D eigenvalue weighted by Crippen LogP contribution is -2.61. The molecule has 0 aliphatic carbocycles. The minimum atomic E-state index is -0.435. The number of nitrogens with zero attached hydrogens (tertiary/aromatic N) is 3. The molecule has 2 saturated heterocycles. The van der Waals surface area contributed by atoms with Crippen molar-refractivity contribution in [1.82, 2.24) is 15.2 Å². The lowest BCUT2D eigenvalue weighted by molar-refractivity contribution is 0.100. The van der Waals surface area contributed by atoms with Crippen molar-refractivity contribution in [2.75, 3.05) is 29.9 Å². The molecular weight excluding hydrogens is 420 g/mol. The number of thiazole rings is 1. The molecule has 2 aliphatic rings. The van der Waals surface area contributed by atoms with Crippen molar-refractivity contribution in [3.8, 4) is 0 Å². The number of halogens is 1. The molecule has 7 nitrogen and oxygen atoms in total. The first kappa shape index (κ1) is 21.4. The molecule has 4 N–H and O–H groups in total. The Morgan fingerprint density at radius 2 is 2.20 bits per heavy atom. The molecule has 1 aromatic heterocycles. The van der Waals surface area contributed by atoms with Gasteiger partial charge in [0.05, 0.1) is 29.2 Å². The van der Waals surface area contributed by atoms with Crippen LogP contribution >= 0.6 is 22.9 Å². The van der Waals surface area contributed by atoms with Crippen molar-refractivity contribution >= 4 is 39.7 Å². The highest BCUT2D eigenvalue weighted by atomic mass is 35.5. The summed E-state index contributed by atoms with van der Waals surface area (Å²) in [5.74, 6) is -0.435. The van der Waals surface area contributed by atoms with Crippen LogP contribution in [0.25, 0.3) is 0 Å². The quantitative estimate of drug-likeness (QED) is 0.650. The van der Waals surface area contributed by atoms with Crippen LogP contribution in [0.3, 0.4) is 0 Å². The van der Waals surface area contributed by atoms with Gasteiger partial charge in [0, 0.05) is 25.7 Å². The molecule has 0 saturated carbocycles. The largest absolute Gasteiger partial charge is 0.365 e. The third-order valence-corrected chi connectivity index (χ3v) is 7.23. The Labute approximate surface area is 186 Å². The van der Waals surface area contributed by atoms with E-state index in [0.29, 0.717) is 17.1 Å². The first-order valence-electron chi connectivity index (χ1n) is 10.5. The van der Waals surface area contributed by atoms with Gasteiger partial charge in [0.2, 0.25) is 0 Å². The number of amides is 1. The van der Waals surface area contributed by atoms with Crippen LogP contribution in [0.15, 0.2) is 24.4 Å². The maximum absolute atomic E-state index is 11.3. The topological polar surface area (TPSA) is 86.5 Å². The molecule has 2 fully saturated rings. The summed E-state index contributed by atoms with van der Waals surface area (Å²) in [5.41, 5.74) is 7.72. The summed E-state index contributed by atoms with van der Waals surface area (Å²) < 4.78 is 0. The van der Waals surface area contributed by atoms with Crippen molar-refractivity contribution in [2.45, 2.75) is 51.5 Å². The number of aryl methyl sites for hydroxylation is 1. The molecule has 1 aromatic carbocycles.